The second-order valence-electron chi connectivity index (χ2n) is 7.17. The van der Waals surface area contributed by atoms with Crippen molar-refractivity contribution in [1.29, 1.82) is 0 Å². The number of likely N-dealkylation sites (N-methyl/N-ethyl adjacent to an activating group) is 1. The van der Waals surface area contributed by atoms with E-state index in [-0.39, 0.29) is 26.2 Å². The zero-order chi connectivity index (χ0) is 24.4. The van der Waals surface area contributed by atoms with Crippen molar-refractivity contribution in [1.82, 2.24) is 14.7 Å². The van der Waals surface area contributed by atoms with E-state index in [1.807, 2.05) is 6.08 Å². The number of hydrogen-bond acceptors (Lipinski definition) is 8. The zero-order valence-electron chi connectivity index (χ0n) is 18.7. The normalized spacial score (nSPS) is 12.2. The minimum absolute atomic E-state index is 0.0823. The summed E-state index contributed by atoms with van der Waals surface area (Å²) in [7, 11) is 1.67. The van der Waals surface area contributed by atoms with E-state index in [1.54, 1.807) is 33.9 Å². The molecule has 0 heterocycles. The van der Waals surface area contributed by atoms with Crippen LogP contribution in [0.2, 0.25) is 0 Å². The Morgan fingerprint density at radius 1 is 0.875 bits per heavy atom. The van der Waals surface area contributed by atoms with Gasteiger partial charge >= 0.3 is 17.9 Å². The van der Waals surface area contributed by atoms with Crippen LogP contribution in [0, 0.1) is 0 Å². The first-order valence-corrected chi connectivity index (χ1v) is 10.2. The van der Waals surface area contributed by atoms with Gasteiger partial charge in [0.1, 0.15) is 0 Å². The summed E-state index contributed by atoms with van der Waals surface area (Å²) in [4.78, 5) is 38.0. The lowest BCUT2D eigenvalue weighted by Gasteiger charge is -2.25. The molecule has 0 aliphatic rings. The van der Waals surface area contributed by atoms with Gasteiger partial charge in [0.25, 0.3) is 0 Å². The standard InChI is InChI=1S/C21H36N4O7/c1-3-18(22)7-5-4-6-8-24(16-20(28)29)9-10-25(17-21(30)31)12-14-32-13-11-23(2)15-19(26)27/h3-5,7H,1,6,8-17,22H2,2H3,(H,26,27)(H,28,29)(H,30,31)/b5-4+,18-7+. The van der Waals surface area contributed by atoms with E-state index in [2.05, 4.69) is 6.58 Å². The van der Waals surface area contributed by atoms with Crippen molar-refractivity contribution in [3.63, 3.8) is 0 Å². The van der Waals surface area contributed by atoms with Crippen LogP contribution in [0.1, 0.15) is 6.42 Å². The second-order valence-corrected chi connectivity index (χ2v) is 7.17. The highest BCUT2D eigenvalue weighted by Gasteiger charge is 2.14. The van der Waals surface area contributed by atoms with E-state index in [1.165, 1.54) is 6.08 Å². The van der Waals surface area contributed by atoms with E-state index in [9.17, 15) is 14.4 Å². The number of aliphatic carboxylic acids is 3. The molecule has 0 spiro atoms. The van der Waals surface area contributed by atoms with Gasteiger partial charge in [0.2, 0.25) is 0 Å². The summed E-state index contributed by atoms with van der Waals surface area (Å²) in [5.74, 6) is -2.85. The molecule has 11 nitrogen and oxygen atoms in total. The number of nitrogens with two attached hydrogens (primary N) is 1. The molecule has 0 saturated carbocycles. The Morgan fingerprint density at radius 3 is 1.94 bits per heavy atom. The molecule has 0 atom stereocenters. The maximum Gasteiger partial charge on any atom is 0.317 e. The smallest absolute Gasteiger partial charge is 0.317 e. The van der Waals surface area contributed by atoms with Gasteiger partial charge in [0, 0.05) is 38.4 Å². The first-order valence-electron chi connectivity index (χ1n) is 10.2. The van der Waals surface area contributed by atoms with E-state index in [0.29, 0.717) is 51.4 Å². The Morgan fingerprint density at radius 2 is 1.41 bits per heavy atom. The Balaban J connectivity index is 4.51. The number of nitrogens with zero attached hydrogens (tertiary/aromatic N) is 3. The molecule has 0 aromatic heterocycles. The lowest BCUT2D eigenvalue weighted by Crippen LogP contribution is -2.41. The molecule has 0 radical (unpaired) electrons. The van der Waals surface area contributed by atoms with Gasteiger partial charge in [-0.25, -0.2) is 0 Å². The van der Waals surface area contributed by atoms with Gasteiger partial charge in [-0.05, 0) is 25.6 Å². The summed E-state index contributed by atoms with van der Waals surface area (Å²) >= 11 is 0. The summed E-state index contributed by atoms with van der Waals surface area (Å²) in [5.41, 5.74) is 6.14. The minimum Gasteiger partial charge on any atom is -0.480 e. The fraction of sp³-hybridized carbons (Fsp3) is 0.571. The Labute approximate surface area is 189 Å². The molecule has 0 aromatic carbocycles. The Kier molecular flexibility index (Phi) is 16.4. The highest BCUT2D eigenvalue weighted by Crippen LogP contribution is 1.98. The first kappa shape index (κ1) is 29.3. The molecular formula is C21H36N4O7. The third kappa shape index (κ3) is 18.1. The average molecular weight is 457 g/mol. The predicted molar refractivity (Wildman–Crippen MR) is 120 cm³/mol. The fourth-order valence-electron chi connectivity index (χ4n) is 2.63. The highest BCUT2D eigenvalue weighted by molar-refractivity contribution is 5.69. The maximum atomic E-state index is 11.2. The fourth-order valence-corrected chi connectivity index (χ4v) is 2.63. The summed E-state index contributed by atoms with van der Waals surface area (Å²) in [5, 5.41) is 27.0. The lowest BCUT2D eigenvalue weighted by atomic mass is 10.3. The Hall–Kier alpha value is -2.73. The van der Waals surface area contributed by atoms with Gasteiger partial charge in [-0.15, -0.1) is 0 Å². The SMILES string of the molecule is C=C/C(N)=C\C=C\CCN(CCN(CCOCCN(C)CC(=O)O)CC(=O)O)CC(=O)O. The van der Waals surface area contributed by atoms with Crippen molar-refractivity contribution in [3.05, 3.63) is 36.6 Å². The highest BCUT2D eigenvalue weighted by atomic mass is 16.5. The van der Waals surface area contributed by atoms with Gasteiger partial charge < -0.3 is 25.8 Å². The van der Waals surface area contributed by atoms with Gasteiger partial charge in [-0.3, -0.25) is 29.1 Å². The van der Waals surface area contributed by atoms with Crippen LogP contribution in [0.15, 0.2) is 36.6 Å². The summed E-state index contributed by atoms with van der Waals surface area (Å²) in [6.45, 7) is 5.81. The van der Waals surface area contributed by atoms with Crippen molar-refractivity contribution >= 4 is 17.9 Å². The van der Waals surface area contributed by atoms with Gasteiger partial charge in [-0.2, -0.15) is 0 Å². The summed E-state index contributed by atoms with van der Waals surface area (Å²) < 4.78 is 5.48. The number of allylic oxidation sites excluding steroid dienone is 3. The number of carboxylic acid groups (broad SMARTS) is 3. The number of carbonyl (C=O) groups is 3. The van der Waals surface area contributed by atoms with Crippen molar-refractivity contribution in [3.8, 4) is 0 Å². The van der Waals surface area contributed by atoms with Crippen LogP contribution in [0.25, 0.3) is 0 Å². The third-order valence-corrected chi connectivity index (χ3v) is 4.30. The average Bonchev–Trinajstić information content (AvgIpc) is 2.69. The van der Waals surface area contributed by atoms with Crippen LogP contribution < -0.4 is 5.73 Å². The van der Waals surface area contributed by atoms with E-state index >= 15 is 0 Å². The number of rotatable bonds is 20. The third-order valence-electron chi connectivity index (χ3n) is 4.30. The molecule has 0 aliphatic carbocycles. The maximum absolute atomic E-state index is 11.2. The molecule has 0 aliphatic heterocycles. The molecule has 5 N–H and O–H groups in total. The van der Waals surface area contributed by atoms with Crippen LogP contribution in [0.3, 0.4) is 0 Å². The zero-order valence-corrected chi connectivity index (χ0v) is 18.7. The van der Waals surface area contributed by atoms with Crippen molar-refractivity contribution in [2.45, 2.75) is 6.42 Å². The van der Waals surface area contributed by atoms with E-state index in [0.717, 1.165) is 0 Å². The molecule has 0 amide bonds. The van der Waals surface area contributed by atoms with Gasteiger partial charge in [-0.1, -0.05) is 18.7 Å². The second kappa shape index (κ2) is 17.9. The molecule has 182 valence electrons. The topological polar surface area (TPSA) is 157 Å². The van der Waals surface area contributed by atoms with Crippen molar-refractivity contribution < 1.29 is 34.4 Å². The number of carboxylic acids is 3. The molecule has 32 heavy (non-hydrogen) atoms. The molecule has 0 aromatic rings. The van der Waals surface area contributed by atoms with Crippen LogP contribution in [-0.2, 0) is 19.1 Å². The minimum atomic E-state index is -0.981. The number of hydrogen-bond donors (Lipinski definition) is 4. The largest absolute Gasteiger partial charge is 0.480 e. The van der Waals surface area contributed by atoms with Crippen LogP contribution >= 0.6 is 0 Å². The van der Waals surface area contributed by atoms with E-state index < -0.39 is 17.9 Å². The predicted octanol–water partition coefficient (Wildman–Crippen LogP) is -0.232. The van der Waals surface area contributed by atoms with Crippen LogP contribution in [0.4, 0.5) is 0 Å². The molecular weight excluding hydrogens is 420 g/mol. The molecule has 0 unspecified atom stereocenters. The van der Waals surface area contributed by atoms with Crippen molar-refractivity contribution in [2.24, 2.45) is 5.73 Å². The summed E-state index contributed by atoms with van der Waals surface area (Å²) in [6, 6.07) is 0. The van der Waals surface area contributed by atoms with E-state index in [4.69, 9.17) is 25.8 Å². The van der Waals surface area contributed by atoms with Crippen LogP contribution in [-0.4, -0.2) is 121 Å². The molecule has 0 rings (SSSR count). The van der Waals surface area contributed by atoms with Gasteiger partial charge in [0.15, 0.2) is 0 Å². The monoisotopic (exact) mass is 456 g/mol. The Bertz CT molecular complexity index is 652. The molecule has 11 heteroatoms. The van der Waals surface area contributed by atoms with Gasteiger partial charge in [0.05, 0.1) is 32.8 Å². The lowest BCUT2D eigenvalue weighted by molar-refractivity contribution is -0.140. The molecule has 0 saturated heterocycles. The van der Waals surface area contributed by atoms with Crippen molar-refractivity contribution in [2.75, 3.05) is 72.6 Å². The quantitative estimate of drug-likeness (QED) is 0.142. The molecule has 0 fully saturated rings. The molecule has 0 bridgehead atoms. The van der Waals surface area contributed by atoms with Crippen LogP contribution in [0.5, 0.6) is 0 Å². The number of ether oxygens (including phenoxy) is 1. The first-order chi connectivity index (χ1) is 15.1. The summed E-state index contributed by atoms with van der Waals surface area (Å²) in [6.07, 6.45) is 7.48.